The number of halogens is 1. The fraction of sp³-hybridized carbons (Fsp3) is 1.00. The lowest BCUT2D eigenvalue weighted by atomic mass is 11.3. The van der Waals surface area contributed by atoms with E-state index < -0.39 is 0 Å². The molecule has 0 aliphatic carbocycles. The molecule has 5 heteroatoms. The first-order valence-electron chi connectivity index (χ1n) is 1.74. The maximum Gasteiger partial charge on any atom is 0.102 e. The predicted molar refractivity (Wildman–Crippen MR) is 30.6 cm³/mol. The van der Waals surface area contributed by atoms with Crippen molar-refractivity contribution in [1.82, 2.24) is 10.5 Å². The van der Waals surface area contributed by atoms with Crippen LogP contribution in [0.3, 0.4) is 0 Å². The highest BCUT2D eigenvalue weighted by molar-refractivity contribution is 9.08. The highest BCUT2D eigenvalue weighted by atomic mass is 79.9. The molecule has 42 valence electrons. The van der Waals surface area contributed by atoms with Crippen molar-refractivity contribution in [3.8, 4) is 0 Å². The topological polar surface area (TPSA) is 40.0 Å². The van der Waals surface area contributed by atoms with E-state index in [0.717, 1.165) is 0 Å². The first-order valence-corrected chi connectivity index (χ1v) is 2.45. The second kappa shape index (κ2) is 4.01. The third kappa shape index (κ3) is 3.68. The van der Waals surface area contributed by atoms with Crippen molar-refractivity contribution in [1.29, 1.82) is 0 Å². The molecule has 4 nitrogen and oxygen atoms in total. The first kappa shape index (κ1) is 6.84. The number of hydrogen-bond acceptors (Lipinski definition) is 3. The van der Waals surface area contributed by atoms with E-state index in [1.54, 1.807) is 14.1 Å². The smallest absolute Gasteiger partial charge is 0.102 e. The molecule has 0 amide bonds. The van der Waals surface area contributed by atoms with Gasteiger partial charge in [-0.2, -0.15) is 0 Å². The van der Waals surface area contributed by atoms with Crippen molar-refractivity contribution in [3.63, 3.8) is 0 Å². The normalized spacial score (nSPS) is 10.1. The van der Waals surface area contributed by atoms with Crippen molar-refractivity contribution in [2.75, 3.05) is 14.1 Å². The van der Waals surface area contributed by atoms with Crippen LogP contribution in [-0.4, -0.2) is 19.2 Å². The van der Waals surface area contributed by atoms with Crippen LogP contribution in [0.4, 0.5) is 0 Å². The lowest BCUT2D eigenvalue weighted by Gasteiger charge is -2.04. The Hall–Kier alpha value is -0.160. The summed E-state index contributed by atoms with van der Waals surface area (Å²) in [6.45, 7) is 0. The van der Waals surface area contributed by atoms with Gasteiger partial charge < -0.3 is 0 Å². The molecule has 0 fully saturated rings. The lowest BCUT2D eigenvalue weighted by Crippen LogP contribution is -2.24. The number of nitrogens with one attached hydrogen (secondary N) is 1. The molecule has 0 unspecified atom stereocenters. The lowest BCUT2D eigenvalue weighted by molar-refractivity contribution is 0.259. The van der Waals surface area contributed by atoms with Crippen molar-refractivity contribution < 1.29 is 0 Å². The van der Waals surface area contributed by atoms with E-state index in [1.807, 2.05) is 0 Å². The van der Waals surface area contributed by atoms with E-state index in [9.17, 15) is 0 Å². The molecule has 0 aromatic carbocycles. The van der Waals surface area contributed by atoms with Crippen molar-refractivity contribution in [3.05, 3.63) is 0 Å². The van der Waals surface area contributed by atoms with Gasteiger partial charge in [0.2, 0.25) is 0 Å². The van der Waals surface area contributed by atoms with Crippen LogP contribution in [0.25, 0.3) is 0 Å². The van der Waals surface area contributed by atoms with E-state index in [1.165, 1.54) is 5.12 Å². The fourth-order valence-corrected chi connectivity index (χ4v) is 0.308. The highest BCUT2D eigenvalue weighted by Gasteiger charge is 1.77. The standard InChI is InChI=1S/C2H7BrN4/c1-4-7(2)6-5-3/h4H,1-2H3. The van der Waals surface area contributed by atoms with Gasteiger partial charge in [-0.15, -0.1) is 0 Å². The zero-order valence-electron chi connectivity index (χ0n) is 4.22. The Balaban J connectivity index is 3.16. The van der Waals surface area contributed by atoms with Gasteiger partial charge in [-0.05, 0) is 5.22 Å². The predicted octanol–water partition coefficient (Wildman–Crippen LogP) is 0.730. The van der Waals surface area contributed by atoms with Gasteiger partial charge in [0.05, 0.1) is 0 Å². The molecule has 0 aliphatic heterocycles. The molecule has 7 heavy (non-hydrogen) atoms. The molecule has 0 atom stereocenters. The SMILES string of the molecule is CNN(C)N=NBr. The molecule has 0 radical (unpaired) electrons. The molecule has 0 rings (SSSR count). The largest absolute Gasteiger partial charge is 0.220 e. The number of rotatable bonds is 2. The molecule has 0 aliphatic rings. The van der Waals surface area contributed by atoms with Gasteiger partial charge in [0.15, 0.2) is 0 Å². The molecule has 0 heterocycles. The molecule has 0 aromatic heterocycles. The van der Waals surface area contributed by atoms with Crippen LogP contribution >= 0.6 is 16.1 Å². The molecule has 0 saturated carbocycles. The number of hydrogen-bond donors (Lipinski definition) is 1. The first-order chi connectivity index (χ1) is 3.31. The van der Waals surface area contributed by atoms with Crippen LogP contribution in [0, 0.1) is 0 Å². The maximum absolute atomic E-state index is 3.51. The number of nitrogens with zero attached hydrogens (tertiary/aromatic N) is 3. The van der Waals surface area contributed by atoms with Crippen LogP contribution in [-0.2, 0) is 0 Å². The Labute approximate surface area is 50.9 Å². The van der Waals surface area contributed by atoms with E-state index in [4.69, 9.17) is 0 Å². The third-order valence-corrected chi connectivity index (χ3v) is 0.633. The molecular formula is C2H7BrN4. The van der Waals surface area contributed by atoms with Crippen LogP contribution in [0.5, 0.6) is 0 Å². The molecular weight excluding hydrogens is 160 g/mol. The van der Waals surface area contributed by atoms with Gasteiger partial charge in [-0.25, -0.2) is 10.5 Å². The summed E-state index contributed by atoms with van der Waals surface area (Å²) in [5.41, 5.74) is 2.71. The van der Waals surface area contributed by atoms with Crippen molar-refractivity contribution in [2.24, 2.45) is 9.36 Å². The molecule has 0 bridgehead atoms. The van der Waals surface area contributed by atoms with Crippen LogP contribution in [0.1, 0.15) is 0 Å². The summed E-state index contributed by atoms with van der Waals surface area (Å²) in [5.74, 6) is 0. The summed E-state index contributed by atoms with van der Waals surface area (Å²) in [7, 11) is 3.49. The summed E-state index contributed by atoms with van der Waals surface area (Å²) >= 11 is 2.77. The Bertz CT molecular complexity index is 62.7. The maximum atomic E-state index is 3.51. The second-order valence-electron chi connectivity index (χ2n) is 0.912. The quantitative estimate of drug-likeness (QED) is 0.486. The monoisotopic (exact) mass is 166 g/mol. The molecule has 0 saturated heterocycles. The zero-order chi connectivity index (χ0) is 5.70. The number of hydrazine groups is 1. The fourth-order valence-electron chi connectivity index (χ4n) is 0.0954. The van der Waals surface area contributed by atoms with Crippen LogP contribution in [0.2, 0.25) is 0 Å². The van der Waals surface area contributed by atoms with Crippen LogP contribution < -0.4 is 5.43 Å². The van der Waals surface area contributed by atoms with Gasteiger partial charge in [-0.1, -0.05) is 4.14 Å². The van der Waals surface area contributed by atoms with Gasteiger partial charge >= 0.3 is 0 Å². The Morgan fingerprint density at radius 3 is 2.43 bits per heavy atom. The van der Waals surface area contributed by atoms with Crippen molar-refractivity contribution in [2.45, 2.75) is 0 Å². The summed E-state index contributed by atoms with van der Waals surface area (Å²) in [6.07, 6.45) is 0. The Kier molecular flexibility index (Phi) is 3.92. The zero-order valence-corrected chi connectivity index (χ0v) is 5.81. The molecule has 0 aromatic rings. The highest BCUT2D eigenvalue weighted by Crippen LogP contribution is 1.83. The second-order valence-corrected chi connectivity index (χ2v) is 1.23. The third-order valence-electron chi connectivity index (χ3n) is 0.492. The van der Waals surface area contributed by atoms with Gasteiger partial charge in [0, 0.05) is 14.1 Å². The van der Waals surface area contributed by atoms with Crippen LogP contribution in [0.15, 0.2) is 9.36 Å². The average Bonchev–Trinajstić information content (AvgIpc) is 1.68. The Morgan fingerprint density at radius 1 is 1.71 bits per heavy atom. The van der Waals surface area contributed by atoms with E-state index >= 15 is 0 Å². The minimum absolute atomic E-state index is 1.47. The minimum atomic E-state index is 1.47. The van der Waals surface area contributed by atoms with E-state index in [-0.39, 0.29) is 0 Å². The van der Waals surface area contributed by atoms with E-state index in [2.05, 4.69) is 30.9 Å². The van der Waals surface area contributed by atoms with Gasteiger partial charge in [0.25, 0.3) is 0 Å². The average molecular weight is 167 g/mol. The summed E-state index contributed by atoms with van der Waals surface area (Å²) in [4.78, 5) is 0. The minimum Gasteiger partial charge on any atom is -0.220 e. The summed E-state index contributed by atoms with van der Waals surface area (Å²) in [6, 6.07) is 0. The van der Waals surface area contributed by atoms with Gasteiger partial charge in [0.1, 0.15) is 16.1 Å². The molecule has 0 spiro atoms. The summed E-state index contributed by atoms with van der Waals surface area (Å²) in [5, 5.41) is 4.97. The van der Waals surface area contributed by atoms with Crippen molar-refractivity contribution >= 4 is 16.1 Å². The van der Waals surface area contributed by atoms with Gasteiger partial charge in [-0.3, -0.25) is 0 Å². The van der Waals surface area contributed by atoms with E-state index in [0.29, 0.717) is 0 Å². The summed E-state index contributed by atoms with van der Waals surface area (Å²) < 4.78 is 3.31. The molecule has 1 N–H and O–H groups in total. The Morgan fingerprint density at radius 2 is 2.29 bits per heavy atom.